The number of alkyl carbamates (subject to hydrolysis) is 2. The largest absolute Gasteiger partial charge is 0.453 e. The van der Waals surface area contributed by atoms with E-state index in [1.165, 1.54) is 62.2 Å². The van der Waals surface area contributed by atoms with Crippen LogP contribution in [0.1, 0.15) is 116 Å². The number of anilines is 2. The first-order valence-electron chi connectivity index (χ1n) is 25.6. The van der Waals surface area contributed by atoms with E-state index < -0.39 is 36.4 Å². The van der Waals surface area contributed by atoms with E-state index in [0.717, 1.165) is 62.5 Å². The molecule has 3 aromatic carbocycles. The van der Waals surface area contributed by atoms with E-state index in [1.807, 2.05) is 52.0 Å². The zero-order valence-electron chi connectivity index (χ0n) is 41.1. The number of likely N-dealkylation sites (tertiary alicyclic amines) is 2. The molecule has 2 saturated heterocycles. The second-order valence-corrected chi connectivity index (χ2v) is 21.1. The number of carbonyl (C=O) groups excluding carboxylic acids is 6. The fourth-order valence-electron chi connectivity index (χ4n) is 13.2. The molecule has 2 aliphatic heterocycles. The van der Waals surface area contributed by atoms with E-state index in [4.69, 9.17) is 9.47 Å². The van der Waals surface area contributed by atoms with Gasteiger partial charge >= 0.3 is 12.2 Å². The maximum atomic E-state index is 14.1. The van der Waals surface area contributed by atoms with Crippen LogP contribution in [0.4, 0.5) is 21.0 Å². The van der Waals surface area contributed by atoms with Crippen LogP contribution in [0.2, 0.25) is 0 Å². The lowest BCUT2D eigenvalue weighted by Crippen LogP contribution is -2.58. The van der Waals surface area contributed by atoms with Crippen molar-refractivity contribution in [3.63, 3.8) is 0 Å². The molecule has 4 aliphatic carbocycles. The third kappa shape index (κ3) is 9.20. The number of piperidine rings is 2. The molecule has 14 nitrogen and oxygen atoms in total. The minimum Gasteiger partial charge on any atom is -0.453 e. The van der Waals surface area contributed by atoms with Crippen LogP contribution in [-0.2, 0) is 41.5 Å². The Kier molecular flexibility index (Phi) is 13.8. The SMILES string of the molecule is CCC(C)[C@@H](NC(=O)OC)C(=O)N1C2CCC(C2)C1C(=O)Nc1ccc(-c2ccc(-c3ccc(NC(=O)C4C5CCC(C5)N4C(=O)[C@H](NC(=O)OC)C(C)CC)cc3)c3c2CC2(CCCC2)C3)cc1. The van der Waals surface area contributed by atoms with E-state index in [0.29, 0.717) is 24.2 Å². The molecule has 4 bridgehead atoms. The van der Waals surface area contributed by atoms with Crippen molar-refractivity contribution in [3.8, 4) is 22.3 Å². The molecule has 4 N–H and O–H groups in total. The summed E-state index contributed by atoms with van der Waals surface area (Å²) in [5.74, 6) is -1.00. The number of amides is 6. The Hall–Kier alpha value is -5.92. The molecule has 2 heterocycles. The molecule has 368 valence electrons. The highest BCUT2D eigenvalue weighted by Crippen LogP contribution is 2.53. The predicted molar refractivity (Wildman–Crippen MR) is 264 cm³/mol. The summed E-state index contributed by atoms with van der Waals surface area (Å²) < 4.78 is 9.70. The molecular formula is C55H70N6O8. The number of fused-ring (bicyclic) bond motifs is 5. The molecule has 9 rings (SSSR count). The normalized spacial score (nSPS) is 25.4. The van der Waals surface area contributed by atoms with Crippen LogP contribution in [0.25, 0.3) is 22.3 Å². The summed E-state index contributed by atoms with van der Waals surface area (Å²) in [4.78, 5) is 84.5. The number of benzene rings is 3. The van der Waals surface area contributed by atoms with Gasteiger partial charge in [0.25, 0.3) is 0 Å². The molecule has 69 heavy (non-hydrogen) atoms. The molecule has 8 unspecified atom stereocenters. The van der Waals surface area contributed by atoms with Crippen LogP contribution >= 0.6 is 0 Å². The molecule has 3 aromatic rings. The third-order valence-corrected chi connectivity index (χ3v) is 17.2. The minimum atomic E-state index is -0.781. The van der Waals surface area contributed by atoms with Crippen molar-refractivity contribution in [3.05, 3.63) is 71.8 Å². The summed E-state index contributed by atoms with van der Waals surface area (Å²) in [5, 5.41) is 11.8. The van der Waals surface area contributed by atoms with Gasteiger partial charge in [0.2, 0.25) is 23.6 Å². The molecule has 5 fully saturated rings. The number of carbonyl (C=O) groups is 6. The lowest BCUT2D eigenvalue weighted by atomic mass is 9.82. The van der Waals surface area contributed by atoms with Crippen LogP contribution in [0, 0.1) is 29.1 Å². The Morgan fingerprint density at radius 1 is 0.594 bits per heavy atom. The fourth-order valence-corrected chi connectivity index (χ4v) is 13.2. The standard InChI is InChI=1S/C55H70N6O8/c1-7-31(3)45(58-53(66)68-5)51(64)60-39-21-15-35(27-39)47(60)49(62)56-37-17-11-33(12-18-37)41-23-24-42(44-30-55(29-43(41)44)25-9-10-26-55)34-13-19-38(20-14-34)57-50(63)48-36-16-22-40(28-36)61(48)52(65)46(32(4)8-2)59-54(67)69-6/h11-14,17-20,23-24,31-32,35-36,39-40,45-48H,7-10,15-16,21-22,25-30H2,1-6H3,(H,56,62)(H,57,63)(H,58,66)(H,59,67)/t31?,32?,35?,36?,39?,40?,45-,46-,47?,48?/m1/s1. The van der Waals surface area contributed by atoms with Crippen molar-refractivity contribution in [2.75, 3.05) is 24.9 Å². The van der Waals surface area contributed by atoms with Crippen molar-refractivity contribution in [1.29, 1.82) is 0 Å². The van der Waals surface area contributed by atoms with Crippen LogP contribution in [0.3, 0.4) is 0 Å². The summed E-state index contributed by atoms with van der Waals surface area (Å²) in [7, 11) is 2.57. The molecule has 1 spiro atoms. The molecule has 14 heteroatoms. The fraction of sp³-hybridized carbons (Fsp3) is 0.564. The van der Waals surface area contributed by atoms with Gasteiger partial charge in [0, 0.05) is 23.5 Å². The Morgan fingerprint density at radius 2 is 0.986 bits per heavy atom. The number of hydrogen-bond donors (Lipinski definition) is 4. The van der Waals surface area contributed by atoms with Gasteiger partial charge in [-0.2, -0.15) is 0 Å². The van der Waals surface area contributed by atoms with Crippen LogP contribution in [0.5, 0.6) is 0 Å². The summed E-state index contributed by atoms with van der Waals surface area (Å²) in [6.07, 6.45) is 12.0. The van der Waals surface area contributed by atoms with Gasteiger partial charge in [-0.1, -0.05) is 89.8 Å². The maximum Gasteiger partial charge on any atom is 0.407 e. The highest BCUT2D eigenvalue weighted by molar-refractivity contribution is 6.01. The zero-order chi connectivity index (χ0) is 48.7. The molecule has 3 saturated carbocycles. The quantitative estimate of drug-likeness (QED) is 0.124. The third-order valence-electron chi connectivity index (χ3n) is 17.2. The van der Waals surface area contributed by atoms with Gasteiger partial charge in [0.15, 0.2) is 0 Å². The first-order valence-corrected chi connectivity index (χ1v) is 25.6. The van der Waals surface area contributed by atoms with Crippen LogP contribution in [0.15, 0.2) is 60.7 Å². The highest BCUT2D eigenvalue weighted by atomic mass is 16.5. The maximum absolute atomic E-state index is 14.1. The number of methoxy groups -OCH3 is 2. The number of hydrogen-bond acceptors (Lipinski definition) is 8. The van der Waals surface area contributed by atoms with Gasteiger partial charge < -0.3 is 40.5 Å². The van der Waals surface area contributed by atoms with Gasteiger partial charge in [-0.25, -0.2) is 9.59 Å². The second kappa shape index (κ2) is 19.8. The van der Waals surface area contributed by atoms with Crippen LogP contribution < -0.4 is 21.3 Å². The summed E-state index contributed by atoms with van der Waals surface area (Å²) >= 11 is 0. The van der Waals surface area contributed by atoms with Crippen molar-refractivity contribution >= 4 is 47.2 Å². The average Bonchev–Trinajstić information content (AvgIpc) is 4.26. The van der Waals surface area contributed by atoms with Gasteiger partial charge in [-0.15, -0.1) is 0 Å². The van der Waals surface area contributed by atoms with Crippen molar-refractivity contribution in [1.82, 2.24) is 20.4 Å². The van der Waals surface area contributed by atoms with E-state index in [9.17, 15) is 28.8 Å². The lowest BCUT2D eigenvalue weighted by Gasteiger charge is -2.38. The van der Waals surface area contributed by atoms with Crippen LogP contribution in [-0.4, -0.2) is 96.1 Å². The predicted octanol–water partition coefficient (Wildman–Crippen LogP) is 8.86. The topological polar surface area (TPSA) is 175 Å². The Bertz CT molecular complexity index is 2290. The Balaban J connectivity index is 0.912. The number of ether oxygens (including phenoxy) is 2. The van der Waals surface area contributed by atoms with Gasteiger partial charge in [0.1, 0.15) is 24.2 Å². The molecule has 0 aromatic heterocycles. The second-order valence-electron chi connectivity index (χ2n) is 21.1. The van der Waals surface area contributed by atoms with E-state index in [-0.39, 0.29) is 64.8 Å². The number of rotatable bonds is 14. The highest BCUT2D eigenvalue weighted by Gasteiger charge is 2.54. The average molecular weight is 943 g/mol. The molecule has 0 radical (unpaired) electrons. The summed E-state index contributed by atoms with van der Waals surface area (Å²) in [6.45, 7) is 7.82. The van der Waals surface area contributed by atoms with Crippen molar-refractivity contribution in [2.45, 2.75) is 154 Å². The molecular weight excluding hydrogens is 873 g/mol. The number of nitrogens with one attached hydrogen (secondary N) is 4. The molecule has 6 aliphatic rings. The van der Waals surface area contributed by atoms with E-state index in [1.54, 1.807) is 9.80 Å². The van der Waals surface area contributed by atoms with Crippen molar-refractivity contribution < 1.29 is 38.2 Å². The Labute approximate surface area is 406 Å². The smallest absolute Gasteiger partial charge is 0.407 e. The van der Waals surface area contributed by atoms with E-state index in [2.05, 4.69) is 57.7 Å². The van der Waals surface area contributed by atoms with Crippen molar-refractivity contribution in [2.24, 2.45) is 29.1 Å². The molecule has 6 amide bonds. The zero-order valence-corrected chi connectivity index (χ0v) is 41.1. The molecule has 10 atom stereocenters. The lowest BCUT2D eigenvalue weighted by molar-refractivity contribution is -0.143. The minimum absolute atomic E-state index is 0.0343. The summed E-state index contributed by atoms with van der Waals surface area (Å²) in [6, 6.07) is 17.7. The number of nitrogens with zero attached hydrogens (tertiary/aromatic N) is 2. The first kappa shape index (κ1) is 48.1. The van der Waals surface area contributed by atoms with Gasteiger partial charge in [0.05, 0.1) is 14.2 Å². The van der Waals surface area contributed by atoms with E-state index >= 15 is 0 Å². The monoisotopic (exact) mass is 943 g/mol. The first-order chi connectivity index (χ1) is 33.3. The van der Waals surface area contributed by atoms with Gasteiger partial charge in [-0.05, 0) is 151 Å². The van der Waals surface area contributed by atoms with Gasteiger partial charge in [-0.3, -0.25) is 19.2 Å². The Morgan fingerprint density at radius 3 is 1.35 bits per heavy atom. The summed E-state index contributed by atoms with van der Waals surface area (Å²) in [5.41, 5.74) is 8.87.